The van der Waals surface area contributed by atoms with Crippen LogP contribution < -0.4 is 15.0 Å². The summed E-state index contributed by atoms with van der Waals surface area (Å²) < 4.78 is 10.5. The highest BCUT2D eigenvalue weighted by atomic mass is 16.6. The van der Waals surface area contributed by atoms with Crippen molar-refractivity contribution in [2.24, 2.45) is 0 Å². The number of amides is 1. The Bertz CT molecular complexity index is 988. The lowest BCUT2D eigenvalue weighted by Gasteiger charge is -2.39. The molecule has 1 aliphatic rings. The van der Waals surface area contributed by atoms with E-state index in [2.05, 4.69) is 5.32 Å². The average Bonchev–Trinajstić information content (AvgIpc) is 2.70. The molecule has 0 saturated carbocycles. The number of esters is 1. The van der Waals surface area contributed by atoms with E-state index in [1.807, 2.05) is 24.3 Å². The Morgan fingerprint density at radius 1 is 1.23 bits per heavy atom. The molecule has 1 aliphatic heterocycles. The molecule has 0 radical (unpaired) electrons. The van der Waals surface area contributed by atoms with Crippen LogP contribution in [0.5, 0.6) is 5.75 Å². The number of carbonyl (C=O) groups excluding carboxylic acids is 2. The van der Waals surface area contributed by atoms with Crippen LogP contribution in [0.25, 0.3) is 0 Å². The molecule has 0 bridgehead atoms. The fourth-order valence-electron chi connectivity index (χ4n) is 3.25. The van der Waals surface area contributed by atoms with E-state index in [-0.39, 0.29) is 42.7 Å². The molecule has 158 valence electrons. The molecule has 3 rings (SSSR count). The molecule has 0 atom stereocenters. The average molecular weight is 413 g/mol. The summed E-state index contributed by atoms with van der Waals surface area (Å²) in [6.07, 6.45) is 0. The number of nitro benzene ring substituents is 1. The first-order valence-corrected chi connectivity index (χ1v) is 9.52. The summed E-state index contributed by atoms with van der Waals surface area (Å²) >= 11 is 0. The molecule has 0 aromatic heterocycles. The number of nitrogens with zero attached hydrogens (tertiary/aromatic N) is 2. The minimum absolute atomic E-state index is 0.0394. The third kappa shape index (κ3) is 4.19. The third-order valence-electron chi connectivity index (χ3n) is 4.66. The molecule has 0 aliphatic carbocycles. The molecule has 9 heteroatoms. The number of rotatable bonds is 7. The maximum atomic E-state index is 12.8. The summed E-state index contributed by atoms with van der Waals surface area (Å²) in [5.41, 5.74) is 0.454. The van der Waals surface area contributed by atoms with Gasteiger partial charge in [-0.2, -0.15) is 0 Å². The van der Waals surface area contributed by atoms with E-state index in [9.17, 15) is 19.7 Å². The maximum absolute atomic E-state index is 12.8. The van der Waals surface area contributed by atoms with Crippen molar-refractivity contribution in [1.82, 2.24) is 0 Å². The van der Waals surface area contributed by atoms with Crippen molar-refractivity contribution in [2.45, 2.75) is 26.3 Å². The minimum Gasteiger partial charge on any atom is -0.487 e. The first kappa shape index (κ1) is 21.1. The van der Waals surface area contributed by atoms with Gasteiger partial charge in [-0.15, -0.1) is 0 Å². The van der Waals surface area contributed by atoms with Crippen molar-refractivity contribution in [3.8, 4) is 5.75 Å². The van der Waals surface area contributed by atoms with Crippen molar-refractivity contribution in [3.05, 3.63) is 58.1 Å². The Morgan fingerprint density at radius 3 is 2.67 bits per heavy atom. The van der Waals surface area contributed by atoms with Gasteiger partial charge in [0.25, 0.3) is 5.91 Å². The monoisotopic (exact) mass is 413 g/mol. The summed E-state index contributed by atoms with van der Waals surface area (Å²) in [5, 5.41) is 14.4. The lowest BCUT2D eigenvalue weighted by Crippen LogP contribution is -2.54. The topological polar surface area (TPSA) is 111 Å². The quantitative estimate of drug-likeness (QED) is 0.421. The van der Waals surface area contributed by atoms with Gasteiger partial charge in [0.1, 0.15) is 12.1 Å². The van der Waals surface area contributed by atoms with Gasteiger partial charge in [0.2, 0.25) is 0 Å². The molecule has 0 saturated heterocycles. The van der Waals surface area contributed by atoms with Gasteiger partial charge in [-0.3, -0.25) is 14.9 Å². The van der Waals surface area contributed by atoms with Crippen LogP contribution in [0.3, 0.4) is 0 Å². The first-order chi connectivity index (χ1) is 14.2. The Kier molecular flexibility index (Phi) is 5.91. The van der Waals surface area contributed by atoms with Gasteiger partial charge in [-0.05, 0) is 45.0 Å². The molecule has 1 heterocycles. The normalized spacial score (nSPS) is 14.5. The number of nitro groups is 1. The highest BCUT2D eigenvalue weighted by molar-refractivity contribution is 6.07. The molecule has 0 spiro atoms. The maximum Gasteiger partial charge on any atom is 0.338 e. The van der Waals surface area contributed by atoms with Crippen molar-refractivity contribution in [1.29, 1.82) is 0 Å². The summed E-state index contributed by atoms with van der Waals surface area (Å²) in [6, 6.07) is 11.3. The zero-order valence-electron chi connectivity index (χ0n) is 17.0. The predicted octanol–water partition coefficient (Wildman–Crippen LogP) is 3.39. The van der Waals surface area contributed by atoms with Crippen molar-refractivity contribution in [3.63, 3.8) is 0 Å². The molecular weight excluding hydrogens is 390 g/mol. The van der Waals surface area contributed by atoms with Gasteiger partial charge in [0.15, 0.2) is 5.75 Å². The number of carbonyl (C=O) groups is 2. The van der Waals surface area contributed by atoms with Crippen LogP contribution >= 0.6 is 0 Å². The Labute approximate surface area is 173 Å². The lowest BCUT2D eigenvalue weighted by molar-refractivity contribution is -0.385. The minimum atomic E-state index is -0.798. The zero-order valence-corrected chi connectivity index (χ0v) is 17.0. The van der Waals surface area contributed by atoms with Crippen molar-refractivity contribution < 1.29 is 24.0 Å². The fourth-order valence-corrected chi connectivity index (χ4v) is 3.25. The van der Waals surface area contributed by atoms with Gasteiger partial charge in [-0.1, -0.05) is 12.1 Å². The van der Waals surface area contributed by atoms with Crippen LogP contribution in [-0.4, -0.2) is 42.1 Å². The van der Waals surface area contributed by atoms with E-state index in [1.54, 1.807) is 25.7 Å². The number of hydrogen-bond donors (Lipinski definition) is 1. The van der Waals surface area contributed by atoms with E-state index >= 15 is 0 Å². The molecule has 0 fully saturated rings. The van der Waals surface area contributed by atoms with E-state index in [4.69, 9.17) is 9.47 Å². The van der Waals surface area contributed by atoms with Crippen LogP contribution in [0.4, 0.5) is 17.1 Å². The second kappa shape index (κ2) is 8.40. The van der Waals surface area contributed by atoms with Gasteiger partial charge in [-0.25, -0.2) is 4.79 Å². The number of fused-ring (bicyclic) bond motifs is 1. The first-order valence-electron chi connectivity index (χ1n) is 9.52. The largest absolute Gasteiger partial charge is 0.487 e. The second-order valence-corrected chi connectivity index (χ2v) is 7.23. The van der Waals surface area contributed by atoms with E-state index < -0.39 is 16.4 Å². The Hall–Kier alpha value is -3.62. The number of para-hydroxylation sites is 2. The molecule has 0 unspecified atom stereocenters. The Balaban J connectivity index is 1.71. The second-order valence-electron chi connectivity index (χ2n) is 7.23. The summed E-state index contributed by atoms with van der Waals surface area (Å²) in [7, 11) is 0. The van der Waals surface area contributed by atoms with E-state index in [0.29, 0.717) is 5.69 Å². The summed E-state index contributed by atoms with van der Waals surface area (Å²) in [6.45, 7) is 5.64. The third-order valence-corrected chi connectivity index (χ3v) is 4.66. The number of nitrogens with one attached hydrogen (secondary N) is 1. The molecule has 1 N–H and O–H groups in total. The molecular formula is C21H23N3O6. The summed E-state index contributed by atoms with van der Waals surface area (Å²) in [5.74, 6) is -0.769. The van der Waals surface area contributed by atoms with E-state index in [0.717, 1.165) is 11.8 Å². The number of hydrogen-bond acceptors (Lipinski definition) is 7. The number of benzene rings is 2. The fraction of sp³-hybridized carbons (Fsp3) is 0.333. The van der Waals surface area contributed by atoms with Gasteiger partial charge < -0.3 is 19.7 Å². The number of anilines is 2. The summed E-state index contributed by atoms with van der Waals surface area (Å²) in [4.78, 5) is 37.4. The van der Waals surface area contributed by atoms with Crippen LogP contribution in [0, 0.1) is 10.1 Å². The van der Waals surface area contributed by atoms with Crippen LogP contribution in [0.1, 0.15) is 31.1 Å². The number of ether oxygens (including phenoxy) is 2. The molecule has 2 aromatic carbocycles. The molecule has 1 amide bonds. The lowest BCUT2D eigenvalue weighted by atomic mass is 9.98. The van der Waals surface area contributed by atoms with Gasteiger partial charge in [0.05, 0.1) is 35.0 Å². The zero-order chi connectivity index (χ0) is 21.9. The van der Waals surface area contributed by atoms with E-state index in [1.165, 1.54) is 12.1 Å². The molecule has 2 aromatic rings. The highest BCUT2D eigenvalue weighted by Crippen LogP contribution is 2.34. The molecule has 30 heavy (non-hydrogen) atoms. The SMILES string of the molecule is CCOc1ccc(C(=O)OCCN2C(=O)C(C)(C)Nc3ccccc32)cc1[N+](=O)[O-]. The van der Waals surface area contributed by atoms with Crippen molar-refractivity contribution >= 4 is 28.9 Å². The predicted molar refractivity (Wildman–Crippen MR) is 111 cm³/mol. The van der Waals surface area contributed by atoms with Crippen LogP contribution in [0.2, 0.25) is 0 Å². The van der Waals surface area contributed by atoms with Crippen molar-refractivity contribution in [2.75, 3.05) is 30.0 Å². The Morgan fingerprint density at radius 2 is 1.97 bits per heavy atom. The van der Waals surface area contributed by atoms with Crippen LogP contribution in [0.15, 0.2) is 42.5 Å². The smallest absolute Gasteiger partial charge is 0.338 e. The van der Waals surface area contributed by atoms with Gasteiger partial charge in [0, 0.05) is 6.07 Å². The van der Waals surface area contributed by atoms with Crippen LogP contribution in [-0.2, 0) is 9.53 Å². The standard InChI is InChI=1S/C21H23N3O6/c1-4-29-18-10-9-14(13-17(18)24(27)28)19(25)30-12-11-23-16-8-6-5-7-15(16)22-21(2,3)20(23)26/h5-10,13,22H,4,11-12H2,1-3H3. The molecule has 9 nitrogen and oxygen atoms in total. The van der Waals surface area contributed by atoms with Gasteiger partial charge >= 0.3 is 11.7 Å². The highest BCUT2D eigenvalue weighted by Gasteiger charge is 2.38.